The SMILES string of the molecule is NC(N)=NCCc1cc2c(O)c(c1)Cc1cc(CCN=C(N)N)cc(c1O)Cc1cc(CCN=C(N)N)cc(c1O)Cc1cc(CCN=C(N)N)cc(c1O)C2.O=C(O)C(F)(F)F. The number of rotatable bonds is 12. The van der Waals surface area contributed by atoms with Gasteiger partial charge in [0.25, 0.3) is 0 Å². The van der Waals surface area contributed by atoms with Crippen LogP contribution in [0.3, 0.4) is 0 Å². The van der Waals surface area contributed by atoms with E-state index in [4.69, 9.17) is 55.8 Å². The second-order valence-electron chi connectivity index (χ2n) is 14.8. The molecule has 4 aromatic carbocycles. The summed E-state index contributed by atoms with van der Waals surface area (Å²) in [4.78, 5) is 25.5. The van der Waals surface area contributed by atoms with Crippen molar-refractivity contribution in [2.24, 2.45) is 65.8 Å². The van der Waals surface area contributed by atoms with E-state index in [1.807, 2.05) is 48.5 Å². The average Bonchev–Trinajstić information content (AvgIpc) is 3.17. The van der Waals surface area contributed by atoms with Gasteiger partial charge in [-0.3, -0.25) is 20.0 Å². The zero-order chi connectivity index (χ0) is 46.6. The lowest BCUT2D eigenvalue weighted by Gasteiger charge is -2.20. The zero-order valence-electron chi connectivity index (χ0n) is 34.3. The molecule has 338 valence electrons. The largest absolute Gasteiger partial charge is 0.507 e. The van der Waals surface area contributed by atoms with Crippen molar-refractivity contribution in [2.75, 3.05) is 26.2 Å². The molecule has 1 aliphatic rings. The number of alkyl halides is 3. The second-order valence-corrected chi connectivity index (χ2v) is 14.8. The molecule has 63 heavy (non-hydrogen) atoms. The number of hydrogen-bond acceptors (Lipinski definition) is 9. The standard InChI is InChI=1S/C40H52N12O4.C2HF3O2/c41-37(42)49-5-1-21-9-25-17-27-11-22(2-6-50-38(43)44)13-29(34(27)54)19-31-15-24(4-8-52-40(47)48)16-32(36(31)56)20-30-14-23(3-7-51-39(45)46)12-28(35(30)55)18-26(10-21)33(25)53;3-2(4,5)1(6)7/h9-16,53-56H,1-8,17-20H2,(H4,41,42,49)(H4,43,44,50)(H4,45,46,51)(H4,47,48,52);(H,6,7). The van der Waals surface area contributed by atoms with Gasteiger partial charge in [0, 0.05) is 51.9 Å². The van der Waals surface area contributed by atoms with Crippen molar-refractivity contribution >= 4 is 29.8 Å². The number of phenolic OH excluding ortho intramolecular Hbond substituents is 4. The number of aliphatic carboxylic acids is 1. The van der Waals surface area contributed by atoms with E-state index in [9.17, 15) is 33.6 Å². The number of carboxylic acid groups (broad SMARTS) is 1. The van der Waals surface area contributed by atoms with E-state index in [1.165, 1.54) is 0 Å². The van der Waals surface area contributed by atoms with Gasteiger partial charge in [-0.15, -0.1) is 0 Å². The zero-order valence-corrected chi connectivity index (χ0v) is 34.3. The number of guanidine groups is 4. The third kappa shape index (κ3) is 14.3. The van der Waals surface area contributed by atoms with Gasteiger partial charge in [-0.1, -0.05) is 48.5 Å². The van der Waals surface area contributed by atoms with Crippen molar-refractivity contribution in [3.05, 3.63) is 115 Å². The molecule has 21 N–H and O–H groups in total. The molecule has 0 spiro atoms. The van der Waals surface area contributed by atoms with Crippen molar-refractivity contribution in [3.8, 4) is 23.0 Å². The van der Waals surface area contributed by atoms with Gasteiger partial charge in [-0.2, -0.15) is 13.2 Å². The normalized spacial score (nSPS) is 11.9. The van der Waals surface area contributed by atoms with E-state index in [0.29, 0.717) is 96.4 Å². The highest BCUT2D eigenvalue weighted by atomic mass is 19.4. The Morgan fingerprint density at radius 1 is 0.429 bits per heavy atom. The highest BCUT2D eigenvalue weighted by Gasteiger charge is 2.38. The fourth-order valence-corrected chi connectivity index (χ4v) is 7.06. The number of carbonyl (C=O) groups is 1. The van der Waals surface area contributed by atoms with Crippen molar-refractivity contribution in [1.82, 2.24) is 0 Å². The quantitative estimate of drug-likeness (QED) is 0.0616. The smallest absolute Gasteiger partial charge is 0.490 e. The number of nitrogens with zero attached hydrogens (tertiary/aromatic N) is 4. The lowest BCUT2D eigenvalue weighted by molar-refractivity contribution is -0.192. The highest BCUT2D eigenvalue weighted by Crippen LogP contribution is 2.39. The second kappa shape index (κ2) is 21.3. The summed E-state index contributed by atoms with van der Waals surface area (Å²) in [5.74, 6) is -2.80. The first-order valence-electron chi connectivity index (χ1n) is 19.5. The number of nitrogens with two attached hydrogens (primary N) is 8. The molecule has 5 rings (SSSR count). The molecular formula is C42H53F3N12O6. The van der Waals surface area contributed by atoms with Gasteiger partial charge < -0.3 is 71.4 Å². The number of aliphatic imine (C=N–C) groups is 4. The minimum absolute atomic E-state index is 0.0229. The van der Waals surface area contributed by atoms with Crippen LogP contribution in [0.2, 0.25) is 0 Å². The van der Waals surface area contributed by atoms with Crippen molar-refractivity contribution in [1.29, 1.82) is 0 Å². The number of carboxylic acids is 1. The maximum Gasteiger partial charge on any atom is 0.490 e. The number of halogens is 3. The molecule has 0 aliphatic heterocycles. The Labute approximate surface area is 360 Å². The molecule has 4 aromatic rings. The van der Waals surface area contributed by atoms with Crippen LogP contribution in [-0.2, 0) is 56.2 Å². The lowest BCUT2D eigenvalue weighted by atomic mass is 9.87. The molecule has 0 fully saturated rings. The summed E-state index contributed by atoms with van der Waals surface area (Å²) in [6.45, 7) is 1.25. The van der Waals surface area contributed by atoms with Crippen LogP contribution in [0.5, 0.6) is 23.0 Å². The minimum atomic E-state index is -5.08. The first-order valence-corrected chi connectivity index (χ1v) is 19.5. The molecule has 1 aliphatic carbocycles. The summed E-state index contributed by atoms with van der Waals surface area (Å²) < 4.78 is 31.7. The first-order chi connectivity index (χ1) is 29.6. The van der Waals surface area contributed by atoms with Gasteiger partial charge in [0.2, 0.25) is 0 Å². The Morgan fingerprint density at radius 2 is 0.587 bits per heavy atom. The van der Waals surface area contributed by atoms with Gasteiger partial charge >= 0.3 is 12.1 Å². The molecule has 18 nitrogen and oxygen atoms in total. The summed E-state index contributed by atoms with van der Waals surface area (Å²) in [5.41, 5.74) is 52.7. The molecule has 0 atom stereocenters. The number of aromatic hydroxyl groups is 4. The summed E-state index contributed by atoms with van der Waals surface area (Å²) >= 11 is 0. The van der Waals surface area contributed by atoms with E-state index in [-0.39, 0.29) is 72.5 Å². The van der Waals surface area contributed by atoms with E-state index in [1.54, 1.807) is 0 Å². The van der Waals surface area contributed by atoms with Crippen LogP contribution in [0.25, 0.3) is 0 Å². The molecule has 0 saturated carbocycles. The fourth-order valence-electron chi connectivity index (χ4n) is 7.06. The van der Waals surface area contributed by atoms with Crippen molar-refractivity contribution in [2.45, 2.75) is 57.5 Å². The Kier molecular flexibility index (Phi) is 16.2. The molecule has 21 heteroatoms. The molecule has 8 bridgehead atoms. The van der Waals surface area contributed by atoms with Crippen LogP contribution in [-0.4, -0.2) is 87.7 Å². The number of benzene rings is 4. The molecule has 0 saturated heterocycles. The molecule has 0 unspecified atom stereocenters. The summed E-state index contributed by atoms with van der Waals surface area (Å²) in [5, 5.41) is 54.7. The van der Waals surface area contributed by atoms with Crippen molar-refractivity contribution in [3.63, 3.8) is 0 Å². The van der Waals surface area contributed by atoms with Crippen LogP contribution in [0.15, 0.2) is 68.5 Å². The first kappa shape index (κ1) is 48.1. The fraction of sp³-hybridized carbons (Fsp3) is 0.310. The van der Waals surface area contributed by atoms with Crippen LogP contribution >= 0.6 is 0 Å². The highest BCUT2D eigenvalue weighted by molar-refractivity contribution is 5.77. The van der Waals surface area contributed by atoms with Crippen LogP contribution < -0.4 is 45.9 Å². The molecule has 0 heterocycles. The Balaban J connectivity index is 0.00000115. The van der Waals surface area contributed by atoms with E-state index >= 15 is 0 Å². The van der Waals surface area contributed by atoms with E-state index < -0.39 is 12.1 Å². The summed E-state index contributed by atoms with van der Waals surface area (Å²) in [6, 6.07) is 14.9. The van der Waals surface area contributed by atoms with Crippen LogP contribution in [0.1, 0.15) is 66.8 Å². The molecule has 0 radical (unpaired) electrons. The summed E-state index contributed by atoms with van der Waals surface area (Å²) in [7, 11) is 0. The monoisotopic (exact) mass is 878 g/mol. The minimum Gasteiger partial charge on any atom is -0.507 e. The Bertz CT molecular complexity index is 2020. The maximum absolute atomic E-state index is 11.9. The topological polar surface area (TPSA) is 376 Å². The van der Waals surface area contributed by atoms with Gasteiger partial charge in [0.1, 0.15) is 23.0 Å². The van der Waals surface area contributed by atoms with Crippen molar-refractivity contribution < 1.29 is 43.5 Å². The third-order valence-electron chi connectivity index (χ3n) is 9.86. The number of fused-ring (bicyclic) bond motifs is 8. The maximum atomic E-state index is 11.9. The number of phenols is 4. The van der Waals surface area contributed by atoms with Gasteiger partial charge in [-0.25, -0.2) is 4.79 Å². The van der Waals surface area contributed by atoms with Crippen LogP contribution in [0, 0.1) is 0 Å². The molecule has 0 amide bonds. The van der Waals surface area contributed by atoms with E-state index in [2.05, 4.69) is 20.0 Å². The van der Waals surface area contributed by atoms with Gasteiger partial charge in [-0.05, 0) is 92.4 Å². The van der Waals surface area contributed by atoms with Gasteiger partial charge in [0.15, 0.2) is 23.8 Å². The Morgan fingerprint density at radius 3 is 0.714 bits per heavy atom. The summed E-state index contributed by atoms with van der Waals surface area (Å²) in [6.07, 6.45) is -2.64. The van der Waals surface area contributed by atoms with Gasteiger partial charge in [0.05, 0.1) is 0 Å². The predicted molar refractivity (Wildman–Crippen MR) is 235 cm³/mol. The average molecular weight is 879 g/mol. The number of hydrogen-bond donors (Lipinski definition) is 13. The molecular weight excluding hydrogens is 826 g/mol. The third-order valence-corrected chi connectivity index (χ3v) is 9.86. The van der Waals surface area contributed by atoms with E-state index in [0.717, 1.165) is 22.3 Å². The predicted octanol–water partition coefficient (Wildman–Crippen LogP) is 1.08. The lowest BCUT2D eigenvalue weighted by Crippen LogP contribution is -2.23. The van der Waals surface area contributed by atoms with Crippen LogP contribution in [0.4, 0.5) is 13.2 Å². The molecule has 0 aromatic heterocycles. The Hall–Kier alpha value is -7.58.